The van der Waals surface area contributed by atoms with Crippen LogP contribution in [0.4, 0.5) is 0 Å². The first kappa shape index (κ1) is 18.0. The first-order valence-electron chi connectivity index (χ1n) is 8.71. The number of hydrogen-bond acceptors (Lipinski definition) is 4. The van der Waals surface area contributed by atoms with Crippen molar-refractivity contribution in [1.82, 2.24) is 4.90 Å². The molecule has 3 rings (SSSR count). The zero-order valence-corrected chi connectivity index (χ0v) is 15.1. The lowest BCUT2D eigenvalue weighted by Crippen LogP contribution is -2.33. The standard InChI is InChI=1S/C21H23NO4/c1-25-18-9-8-16(13-19(18)26-2)10-11-22-20(23)14-17(21(22)24)12-15-6-4-3-5-7-15/h3-9,13,17H,10-12,14H2,1-2H3. The van der Waals surface area contributed by atoms with Crippen LogP contribution in [0.5, 0.6) is 11.5 Å². The van der Waals surface area contributed by atoms with Gasteiger partial charge in [0.1, 0.15) is 0 Å². The fraction of sp³-hybridized carbons (Fsp3) is 0.333. The quantitative estimate of drug-likeness (QED) is 0.718. The molecule has 2 aromatic carbocycles. The van der Waals surface area contributed by atoms with Crippen LogP contribution >= 0.6 is 0 Å². The second-order valence-corrected chi connectivity index (χ2v) is 6.41. The third kappa shape index (κ3) is 3.87. The first-order valence-corrected chi connectivity index (χ1v) is 8.71. The van der Waals surface area contributed by atoms with Gasteiger partial charge in [0.15, 0.2) is 11.5 Å². The molecule has 0 saturated carbocycles. The highest BCUT2D eigenvalue weighted by molar-refractivity contribution is 6.03. The molecule has 1 heterocycles. The van der Waals surface area contributed by atoms with Crippen molar-refractivity contribution >= 4 is 11.8 Å². The highest BCUT2D eigenvalue weighted by atomic mass is 16.5. The lowest BCUT2D eigenvalue weighted by molar-refractivity contribution is -0.139. The minimum absolute atomic E-state index is 0.0701. The van der Waals surface area contributed by atoms with E-state index in [4.69, 9.17) is 9.47 Å². The number of nitrogens with zero attached hydrogens (tertiary/aromatic N) is 1. The van der Waals surface area contributed by atoms with E-state index < -0.39 is 0 Å². The van der Waals surface area contributed by atoms with E-state index in [0.717, 1.165) is 11.1 Å². The van der Waals surface area contributed by atoms with Gasteiger partial charge in [0, 0.05) is 13.0 Å². The van der Waals surface area contributed by atoms with Crippen LogP contribution in [0, 0.1) is 5.92 Å². The third-order valence-corrected chi connectivity index (χ3v) is 4.73. The van der Waals surface area contributed by atoms with Crippen LogP contribution in [0.25, 0.3) is 0 Å². The Labute approximate surface area is 153 Å². The fourth-order valence-electron chi connectivity index (χ4n) is 3.32. The summed E-state index contributed by atoms with van der Waals surface area (Å²) in [6.07, 6.45) is 1.49. The summed E-state index contributed by atoms with van der Waals surface area (Å²) < 4.78 is 10.5. The van der Waals surface area contributed by atoms with Crippen molar-refractivity contribution in [2.45, 2.75) is 19.3 Å². The van der Waals surface area contributed by atoms with Gasteiger partial charge in [-0.2, -0.15) is 0 Å². The van der Waals surface area contributed by atoms with E-state index in [1.807, 2.05) is 48.5 Å². The molecule has 1 fully saturated rings. The predicted molar refractivity (Wildman–Crippen MR) is 98.2 cm³/mol. The molecule has 2 amide bonds. The number of benzene rings is 2. The predicted octanol–water partition coefficient (Wildman–Crippen LogP) is 2.86. The van der Waals surface area contributed by atoms with E-state index in [9.17, 15) is 9.59 Å². The van der Waals surface area contributed by atoms with Crippen LogP contribution < -0.4 is 9.47 Å². The highest BCUT2D eigenvalue weighted by Gasteiger charge is 2.37. The molecule has 0 aromatic heterocycles. The van der Waals surface area contributed by atoms with Crippen molar-refractivity contribution in [3.63, 3.8) is 0 Å². The number of amides is 2. The lowest BCUT2D eigenvalue weighted by Gasteiger charge is -2.16. The summed E-state index contributed by atoms with van der Waals surface area (Å²) in [4.78, 5) is 26.3. The van der Waals surface area contributed by atoms with Crippen LogP contribution in [0.3, 0.4) is 0 Å². The molecule has 5 heteroatoms. The summed E-state index contributed by atoms with van der Waals surface area (Å²) >= 11 is 0. The Morgan fingerprint density at radius 1 is 0.962 bits per heavy atom. The number of carbonyl (C=O) groups excluding carboxylic acids is 2. The maximum atomic E-state index is 12.6. The second kappa shape index (κ2) is 8.04. The van der Waals surface area contributed by atoms with Gasteiger partial charge in [-0.25, -0.2) is 0 Å². The molecule has 136 valence electrons. The molecular weight excluding hydrogens is 330 g/mol. The number of carbonyl (C=O) groups is 2. The van der Waals surface area contributed by atoms with Crippen molar-refractivity contribution < 1.29 is 19.1 Å². The number of ether oxygens (including phenoxy) is 2. The van der Waals surface area contributed by atoms with E-state index in [1.165, 1.54) is 4.90 Å². The van der Waals surface area contributed by atoms with Gasteiger partial charge in [-0.1, -0.05) is 36.4 Å². The highest BCUT2D eigenvalue weighted by Crippen LogP contribution is 2.28. The Morgan fingerprint density at radius 3 is 2.38 bits per heavy atom. The summed E-state index contributed by atoms with van der Waals surface area (Å²) in [6.45, 7) is 0.387. The van der Waals surface area contributed by atoms with Crippen molar-refractivity contribution in [3.8, 4) is 11.5 Å². The largest absolute Gasteiger partial charge is 0.493 e. The number of rotatable bonds is 7. The minimum Gasteiger partial charge on any atom is -0.493 e. The Kier molecular flexibility index (Phi) is 5.56. The third-order valence-electron chi connectivity index (χ3n) is 4.73. The van der Waals surface area contributed by atoms with Crippen LogP contribution in [0.2, 0.25) is 0 Å². The zero-order chi connectivity index (χ0) is 18.5. The van der Waals surface area contributed by atoms with E-state index >= 15 is 0 Å². The van der Waals surface area contributed by atoms with Gasteiger partial charge >= 0.3 is 0 Å². The van der Waals surface area contributed by atoms with E-state index in [-0.39, 0.29) is 17.7 Å². The van der Waals surface area contributed by atoms with Gasteiger partial charge in [0.25, 0.3) is 0 Å². The maximum absolute atomic E-state index is 12.6. The topological polar surface area (TPSA) is 55.8 Å². The molecule has 5 nitrogen and oxygen atoms in total. The second-order valence-electron chi connectivity index (χ2n) is 6.41. The number of methoxy groups -OCH3 is 2. The molecule has 1 unspecified atom stereocenters. The summed E-state index contributed by atoms with van der Waals surface area (Å²) in [5.74, 6) is 0.893. The molecule has 1 atom stereocenters. The molecule has 1 aliphatic rings. The molecule has 0 spiro atoms. The van der Waals surface area contributed by atoms with Crippen LogP contribution in [0.1, 0.15) is 17.5 Å². The van der Waals surface area contributed by atoms with Crippen LogP contribution in [0.15, 0.2) is 48.5 Å². The Morgan fingerprint density at radius 2 is 1.69 bits per heavy atom. The average Bonchev–Trinajstić information content (AvgIpc) is 2.93. The monoisotopic (exact) mass is 353 g/mol. The normalized spacial score (nSPS) is 16.8. The molecule has 0 radical (unpaired) electrons. The van der Waals surface area contributed by atoms with Crippen molar-refractivity contribution in [2.75, 3.05) is 20.8 Å². The molecule has 0 N–H and O–H groups in total. The van der Waals surface area contributed by atoms with E-state index in [0.29, 0.717) is 37.3 Å². The zero-order valence-electron chi connectivity index (χ0n) is 15.1. The van der Waals surface area contributed by atoms with Crippen molar-refractivity contribution in [2.24, 2.45) is 5.92 Å². The molecule has 0 aliphatic carbocycles. The molecule has 1 aliphatic heterocycles. The van der Waals surface area contributed by atoms with Gasteiger partial charge in [0.2, 0.25) is 11.8 Å². The Bertz CT molecular complexity index is 788. The smallest absolute Gasteiger partial charge is 0.233 e. The molecule has 26 heavy (non-hydrogen) atoms. The Balaban J connectivity index is 1.63. The molecular formula is C21H23NO4. The van der Waals surface area contributed by atoms with Gasteiger partial charge in [-0.3, -0.25) is 14.5 Å². The van der Waals surface area contributed by atoms with Gasteiger partial charge < -0.3 is 9.47 Å². The lowest BCUT2D eigenvalue weighted by atomic mass is 9.98. The molecule has 1 saturated heterocycles. The summed E-state index contributed by atoms with van der Waals surface area (Å²) in [5.41, 5.74) is 2.08. The minimum atomic E-state index is -0.254. The van der Waals surface area contributed by atoms with Gasteiger partial charge in [-0.05, 0) is 36.1 Å². The number of imide groups is 1. The molecule has 0 bridgehead atoms. The van der Waals surface area contributed by atoms with Crippen molar-refractivity contribution in [3.05, 3.63) is 59.7 Å². The maximum Gasteiger partial charge on any atom is 0.233 e. The average molecular weight is 353 g/mol. The summed E-state index contributed by atoms with van der Waals surface area (Å²) in [7, 11) is 3.18. The van der Waals surface area contributed by atoms with Crippen LogP contribution in [-0.4, -0.2) is 37.5 Å². The molecule has 2 aromatic rings. The fourth-order valence-corrected chi connectivity index (χ4v) is 3.32. The summed E-state index contributed by atoms with van der Waals surface area (Å²) in [6, 6.07) is 15.5. The number of likely N-dealkylation sites (tertiary alicyclic amines) is 1. The van der Waals surface area contributed by atoms with E-state index in [2.05, 4.69) is 0 Å². The van der Waals surface area contributed by atoms with Gasteiger partial charge in [0.05, 0.1) is 20.1 Å². The SMILES string of the molecule is COc1ccc(CCN2C(=O)CC(Cc3ccccc3)C2=O)cc1OC. The number of hydrogen-bond donors (Lipinski definition) is 0. The summed E-state index contributed by atoms with van der Waals surface area (Å²) in [5, 5.41) is 0. The first-order chi connectivity index (χ1) is 12.6. The van der Waals surface area contributed by atoms with Crippen molar-refractivity contribution in [1.29, 1.82) is 0 Å². The van der Waals surface area contributed by atoms with E-state index in [1.54, 1.807) is 14.2 Å². The van der Waals surface area contributed by atoms with Crippen LogP contribution in [-0.2, 0) is 22.4 Å². The van der Waals surface area contributed by atoms with Gasteiger partial charge in [-0.15, -0.1) is 0 Å². The Hall–Kier alpha value is -2.82.